The lowest BCUT2D eigenvalue weighted by molar-refractivity contribution is 0.0924. The molecule has 5 heteroatoms. The lowest BCUT2D eigenvalue weighted by Gasteiger charge is -2.07. The number of halogens is 1. The maximum absolute atomic E-state index is 11.4. The highest BCUT2D eigenvalue weighted by Gasteiger charge is 2.10. The van der Waals surface area contributed by atoms with Crippen LogP contribution in [0.15, 0.2) is 18.3 Å². The summed E-state index contributed by atoms with van der Waals surface area (Å²) in [6.07, 6.45) is 0.933. The second kappa shape index (κ2) is 4.93. The zero-order valence-corrected chi connectivity index (χ0v) is 8.45. The second-order valence-electron chi connectivity index (χ2n) is 2.90. The molecule has 0 spiro atoms. The molecule has 1 aromatic heterocycles. The van der Waals surface area contributed by atoms with Gasteiger partial charge in [0.15, 0.2) is 0 Å². The number of hydrogen-bond acceptors (Lipinski definition) is 3. The Kier molecular flexibility index (Phi) is 3.85. The summed E-state index contributed by atoms with van der Waals surface area (Å²) in [4.78, 5) is 15.2. The van der Waals surface area contributed by atoms with Crippen LogP contribution in [0.2, 0.25) is 5.15 Å². The molecule has 1 atom stereocenters. The van der Waals surface area contributed by atoms with E-state index in [1.165, 1.54) is 6.20 Å². The van der Waals surface area contributed by atoms with Gasteiger partial charge in [-0.15, -0.1) is 0 Å². The number of carbonyl (C=O) groups excluding carboxylic acids is 1. The number of pyridine rings is 1. The van der Waals surface area contributed by atoms with Gasteiger partial charge < -0.3 is 10.4 Å². The standard InChI is InChI=1S/C9H11ClN2O2/c1-6(13)5-12-9(14)7-3-2-4-11-8(7)10/h2-4,6,13H,5H2,1H3,(H,12,14)/t6-/m1/s1. The van der Waals surface area contributed by atoms with Gasteiger partial charge in [-0.1, -0.05) is 11.6 Å². The molecular weight excluding hydrogens is 204 g/mol. The Hall–Kier alpha value is -1.13. The van der Waals surface area contributed by atoms with Crippen LogP contribution in [0.4, 0.5) is 0 Å². The number of hydrogen-bond donors (Lipinski definition) is 2. The molecule has 2 N–H and O–H groups in total. The maximum Gasteiger partial charge on any atom is 0.254 e. The fraction of sp³-hybridized carbons (Fsp3) is 0.333. The van der Waals surface area contributed by atoms with Crippen molar-refractivity contribution >= 4 is 17.5 Å². The highest BCUT2D eigenvalue weighted by Crippen LogP contribution is 2.10. The maximum atomic E-state index is 11.4. The zero-order valence-electron chi connectivity index (χ0n) is 7.70. The van der Waals surface area contributed by atoms with Crippen LogP contribution in [-0.4, -0.2) is 28.6 Å². The third-order valence-electron chi connectivity index (χ3n) is 1.56. The summed E-state index contributed by atoms with van der Waals surface area (Å²) in [5.41, 5.74) is 0.315. The summed E-state index contributed by atoms with van der Waals surface area (Å²) in [5.74, 6) is -0.330. The molecule has 0 saturated heterocycles. The summed E-state index contributed by atoms with van der Waals surface area (Å²) < 4.78 is 0. The Labute approximate surface area is 86.9 Å². The number of aliphatic hydroxyl groups is 1. The average molecular weight is 215 g/mol. The van der Waals surface area contributed by atoms with E-state index in [4.69, 9.17) is 16.7 Å². The van der Waals surface area contributed by atoms with Crippen LogP contribution < -0.4 is 5.32 Å². The normalized spacial score (nSPS) is 12.2. The molecule has 0 bridgehead atoms. The van der Waals surface area contributed by atoms with Crippen molar-refractivity contribution in [1.82, 2.24) is 10.3 Å². The minimum Gasteiger partial charge on any atom is -0.392 e. The molecule has 76 valence electrons. The number of rotatable bonds is 3. The molecule has 0 radical (unpaired) electrons. The summed E-state index contributed by atoms with van der Waals surface area (Å²) in [5, 5.41) is 11.6. The number of carbonyl (C=O) groups is 1. The zero-order chi connectivity index (χ0) is 10.6. The topological polar surface area (TPSA) is 62.2 Å². The van der Waals surface area contributed by atoms with Crippen LogP contribution in [0.25, 0.3) is 0 Å². The first-order valence-electron chi connectivity index (χ1n) is 4.18. The summed E-state index contributed by atoms with van der Waals surface area (Å²) in [7, 11) is 0. The van der Waals surface area contributed by atoms with Gasteiger partial charge in [0.2, 0.25) is 0 Å². The van der Waals surface area contributed by atoms with Crippen molar-refractivity contribution in [2.45, 2.75) is 13.0 Å². The van der Waals surface area contributed by atoms with Crippen LogP contribution in [0.1, 0.15) is 17.3 Å². The Morgan fingerprint density at radius 2 is 2.50 bits per heavy atom. The lowest BCUT2D eigenvalue weighted by Crippen LogP contribution is -2.30. The van der Waals surface area contributed by atoms with Crippen molar-refractivity contribution in [2.75, 3.05) is 6.54 Å². The third kappa shape index (κ3) is 2.97. The predicted molar refractivity (Wildman–Crippen MR) is 53.3 cm³/mol. The molecule has 0 unspecified atom stereocenters. The van der Waals surface area contributed by atoms with Crippen molar-refractivity contribution in [3.8, 4) is 0 Å². The van der Waals surface area contributed by atoms with Gasteiger partial charge in [0, 0.05) is 12.7 Å². The van der Waals surface area contributed by atoms with Crippen LogP contribution in [0.5, 0.6) is 0 Å². The fourth-order valence-electron chi connectivity index (χ4n) is 0.891. The number of nitrogens with one attached hydrogen (secondary N) is 1. The molecular formula is C9H11ClN2O2. The molecule has 4 nitrogen and oxygen atoms in total. The van der Waals surface area contributed by atoms with E-state index in [1.54, 1.807) is 19.1 Å². The van der Waals surface area contributed by atoms with Gasteiger partial charge in [-0.3, -0.25) is 4.79 Å². The largest absolute Gasteiger partial charge is 0.392 e. The van der Waals surface area contributed by atoms with E-state index in [-0.39, 0.29) is 17.6 Å². The number of amides is 1. The second-order valence-corrected chi connectivity index (χ2v) is 3.26. The molecule has 0 fully saturated rings. The van der Waals surface area contributed by atoms with E-state index in [0.717, 1.165) is 0 Å². The molecule has 0 aliphatic carbocycles. The van der Waals surface area contributed by atoms with Gasteiger partial charge in [-0.25, -0.2) is 4.98 Å². The average Bonchev–Trinajstić information content (AvgIpc) is 2.15. The highest BCUT2D eigenvalue weighted by molar-refractivity contribution is 6.32. The van der Waals surface area contributed by atoms with E-state index < -0.39 is 6.10 Å². The van der Waals surface area contributed by atoms with Crippen LogP contribution in [0, 0.1) is 0 Å². The Bertz CT molecular complexity index is 328. The van der Waals surface area contributed by atoms with Crippen molar-refractivity contribution in [2.24, 2.45) is 0 Å². The van der Waals surface area contributed by atoms with Gasteiger partial charge in [0.25, 0.3) is 5.91 Å². The molecule has 14 heavy (non-hydrogen) atoms. The van der Waals surface area contributed by atoms with E-state index >= 15 is 0 Å². The summed E-state index contributed by atoms with van der Waals surface area (Å²) in [6, 6.07) is 3.20. The minimum absolute atomic E-state index is 0.163. The van der Waals surface area contributed by atoms with Crippen molar-refractivity contribution in [3.63, 3.8) is 0 Å². The Morgan fingerprint density at radius 1 is 1.79 bits per heavy atom. The monoisotopic (exact) mass is 214 g/mol. The van der Waals surface area contributed by atoms with Crippen LogP contribution in [-0.2, 0) is 0 Å². The first-order chi connectivity index (χ1) is 6.61. The van der Waals surface area contributed by atoms with Crippen molar-refractivity contribution < 1.29 is 9.90 Å². The van der Waals surface area contributed by atoms with Gasteiger partial charge in [0.1, 0.15) is 5.15 Å². The van der Waals surface area contributed by atoms with Gasteiger partial charge >= 0.3 is 0 Å². The first-order valence-corrected chi connectivity index (χ1v) is 4.56. The lowest BCUT2D eigenvalue weighted by atomic mass is 10.2. The molecule has 1 amide bonds. The van der Waals surface area contributed by atoms with E-state index in [0.29, 0.717) is 5.56 Å². The van der Waals surface area contributed by atoms with Crippen molar-refractivity contribution in [3.05, 3.63) is 29.0 Å². The van der Waals surface area contributed by atoms with Gasteiger partial charge in [-0.05, 0) is 19.1 Å². The number of nitrogens with zero attached hydrogens (tertiary/aromatic N) is 1. The van der Waals surface area contributed by atoms with Crippen LogP contribution in [0.3, 0.4) is 0 Å². The minimum atomic E-state index is -0.575. The molecule has 0 aliphatic rings. The van der Waals surface area contributed by atoms with Gasteiger partial charge in [-0.2, -0.15) is 0 Å². The first kappa shape index (κ1) is 10.9. The van der Waals surface area contributed by atoms with E-state index in [1.807, 2.05) is 0 Å². The number of aromatic nitrogens is 1. The smallest absolute Gasteiger partial charge is 0.254 e. The number of aliphatic hydroxyl groups excluding tert-OH is 1. The Balaban J connectivity index is 2.65. The quantitative estimate of drug-likeness (QED) is 0.734. The van der Waals surface area contributed by atoms with E-state index in [2.05, 4.69) is 10.3 Å². The van der Waals surface area contributed by atoms with Crippen LogP contribution >= 0.6 is 11.6 Å². The molecule has 1 rings (SSSR count). The molecule has 1 heterocycles. The predicted octanol–water partition coefficient (Wildman–Crippen LogP) is 0.846. The van der Waals surface area contributed by atoms with Gasteiger partial charge in [0.05, 0.1) is 11.7 Å². The molecule has 0 aromatic carbocycles. The Morgan fingerprint density at radius 3 is 3.07 bits per heavy atom. The summed E-state index contributed by atoms with van der Waals surface area (Å²) in [6.45, 7) is 1.79. The SMILES string of the molecule is C[C@@H](O)CNC(=O)c1cccnc1Cl. The summed E-state index contributed by atoms with van der Waals surface area (Å²) >= 11 is 5.70. The van der Waals surface area contributed by atoms with E-state index in [9.17, 15) is 4.79 Å². The highest BCUT2D eigenvalue weighted by atomic mass is 35.5. The molecule has 0 aliphatic heterocycles. The fourth-order valence-corrected chi connectivity index (χ4v) is 1.10. The third-order valence-corrected chi connectivity index (χ3v) is 1.86. The van der Waals surface area contributed by atoms with Crippen molar-refractivity contribution in [1.29, 1.82) is 0 Å². The molecule has 1 aromatic rings. The molecule has 0 saturated carbocycles.